The molecule has 1 aliphatic rings. The number of nitriles is 1. The summed E-state index contributed by atoms with van der Waals surface area (Å²) in [4.78, 5) is 29.5. The zero-order valence-electron chi connectivity index (χ0n) is 17.5. The lowest BCUT2D eigenvalue weighted by atomic mass is 10.1. The summed E-state index contributed by atoms with van der Waals surface area (Å²) in [5.41, 5.74) is 3.86. The highest BCUT2D eigenvalue weighted by Gasteiger charge is 2.29. The van der Waals surface area contributed by atoms with Crippen LogP contribution in [0.1, 0.15) is 40.4 Å². The predicted octanol–water partition coefficient (Wildman–Crippen LogP) is 5.02. The van der Waals surface area contributed by atoms with E-state index in [1.807, 2.05) is 54.8 Å². The number of esters is 1. The second-order valence-corrected chi connectivity index (χ2v) is 8.23. The Morgan fingerprint density at radius 2 is 1.81 bits per heavy atom. The number of thioether (sulfide) groups is 1. The van der Waals surface area contributed by atoms with Crippen LogP contribution in [-0.4, -0.2) is 29.7 Å². The van der Waals surface area contributed by atoms with Crippen LogP contribution < -0.4 is 5.32 Å². The van der Waals surface area contributed by atoms with Gasteiger partial charge in [-0.15, -0.1) is 11.8 Å². The van der Waals surface area contributed by atoms with E-state index in [-0.39, 0.29) is 11.1 Å². The van der Waals surface area contributed by atoms with Gasteiger partial charge in [-0.05, 0) is 48.4 Å². The number of carbonyl (C=O) groups excluding carboxylic acids is 2. The van der Waals surface area contributed by atoms with E-state index >= 15 is 0 Å². The third-order valence-corrected chi connectivity index (χ3v) is 5.82. The minimum absolute atomic E-state index is 0.161. The lowest BCUT2D eigenvalue weighted by Gasteiger charge is -2.11. The number of nitrogens with one attached hydrogen (secondary N) is 1. The average molecular weight is 444 g/mol. The summed E-state index contributed by atoms with van der Waals surface area (Å²) in [5.74, 6) is -0.830. The van der Waals surface area contributed by atoms with Crippen molar-refractivity contribution in [3.8, 4) is 17.2 Å². The number of pyridine rings is 1. The van der Waals surface area contributed by atoms with Crippen molar-refractivity contribution in [2.45, 2.75) is 23.8 Å². The van der Waals surface area contributed by atoms with Crippen LogP contribution in [-0.2, 0) is 9.53 Å². The largest absolute Gasteiger partial charge is 0.452 e. The first kappa shape index (κ1) is 21.6. The summed E-state index contributed by atoms with van der Waals surface area (Å²) in [5, 5.41) is 12.7. The van der Waals surface area contributed by atoms with Crippen molar-refractivity contribution in [2.24, 2.45) is 0 Å². The average Bonchev–Trinajstić information content (AvgIpc) is 3.68. The van der Waals surface area contributed by atoms with Crippen molar-refractivity contribution in [3.05, 3.63) is 77.5 Å². The Morgan fingerprint density at radius 1 is 1.12 bits per heavy atom. The predicted molar refractivity (Wildman–Crippen MR) is 123 cm³/mol. The first-order chi connectivity index (χ1) is 15.6. The first-order valence-electron chi connectivity index (χ1n) is 10.2. The molecule has 32 heavy (non-hydrogen) atoms. The van der Waals surface area contributed by atoms with Crippen molar-refractivity contribution >= 4 is 29.3 Å². The number of ether oxygens (including phenoxy) is 1. The van der Waals surface area contributed by atoms with E-state index in [0.717, 1.165) is 29.7 Å². The summed E-state index contributed by atoms with van der Waals surface area (Å²) in [6.07, 6.45) is 3.85. The van der Waals surface area contributed by atoms with Gasteiger partial charge < -0.3 is 10.1 Å². The summed E-state index contributed by atoms with van der Waals surface area (Å²) in [6, 6.07) is 21.0. The summed E-state index contributed by atoms with van der Waals surface area (Å²) >= 11 is 1.32. The molecule has 1 heterocycles. The molecule has 0 radical (unpaired) electrons. The van der Waals surface area contributed by atoms with Crippen LogP contribution in [0.15, 0.2) is 65.7 Å². The highest BCUT2D eigenvalue weighted by atomic mass is 32.2. The quantitative estimate of drug-likeness (QED) is 0.407. The lowest BCUT2D eigenvalue weighted by Crippen LogP contribution is -2.21. The van der Waals surface area contributed by atoms with Crippen LogP contribution in [0.5, 0.6) is 0 Å². The normalized spacial score (nSPS) is 12.6. The molecule has 6 nitrogen and oxygen atoms in total. The van der Waals surface area contributed by atoms with E-state index in [2.05, 4.69) is 10.3 Å². The second-order valence-electron chi connectivity index (χ2n) is 7.43. The molecule has 1 aromatic heterocycles. The van der Waals surface area contributed by atoms with Gasteiger partial charge in [0.15, 0.2) is 6.61 Å². The third-order valence-electron chi connectivity index (χ3n) is 5.14. The SMILES string of the molecule is CSc1nc(C2CC2)cc(C(=O)OCC(=O)Nc2ccc(-c3ccccc3)cc2)c1C#N. The Hall–Kier alpha value is -3.63. The van der Waals surface area contributed by atoms with Crippen LogP contribution in [0.3, 0.4) is 0 Å². The van der Waals surface area contributed by atoms with E-state index in [9.17, 15) is 14.9 Å². The Morgan fingerprint density at radius 3 is 2.44 bits per heavy atom. The lowest BCUT2D eigenvalue weighted by molar-refractivity contribution is -0.119. The fourth-order valence-electron chi connectivity index (χ4n) is 3.33. The molecule has 0 unspecified atom stereocenters. The highest BCUT2D eigenvalue weighted by Crippen LogP contribution is 2.40. The molecule has 1 saturated carbocycles. The van der Waals surface area contributed by atoms with Crippen molar-refractivity contribution in [1.82, 2.24) is 4.98 Å². The fraction of sp³-hybridized carbons (Fsp3) is 0.200. The zero-order chi connectivity index (χ0) is 22.5. The molecule has 160 valence electrons. The number of carbonyl (C=O) groups is 2. The molecule has 0 atom stereocenters. The molecule has 0 saturated heterocycles. The van der Waals surface area contributed by atoms with Crippen molar-refractivity contribution in [1.29, 1.82) is 5.26 Å². The number of hydrogen-bond acceptors (Lipinski definition) is 6. The van der Waals surface area contributed by atoms with Crippen molar-refractivity contribution in [2.75, 3.05) is 18.2 Å². The van der Waals surface area contributed by atoms with Gasteiger partial charge >= 0.3 is 5.97 Å². The maximum absolute atomic E-state index is 12.7. The number of rotatable bonds is 7. The molecule has 1 amide bonds. The molecule has 1 N–H and O–H groups in total. The van der Waals surface area contributed by atoms with Gasteiger partial charge in [0.05, 0.1) is 11.1 Å². The van der Waals surface area contributed by atoms with Crippen molar-refractivity contribution < 1.29 is 14.3 Å². The van der Waals surface area contributed by atoms with Crippen LogP contribution in [0.2, 0.25) is 0 Å². The molecule has 1 fully saturated rings. The molecule has 4 rings (SSSR count). The molecular formula is C25H21N3O3S. The van der Waals surface area contributed by atoms with Gasteiger partial charge in [0.25, 0.3) is 5.91 Å². The smallest absolute Gasteiger partial charge is 0.340 e. The Kier molecular flexibility index (Phi) is 6.52. The number of nitrogens with zero attached hydrogens (tertiary/aromatic N) is 2. The van der Waals surface area contributed by atoms with E-state index in [1.165, 1.54) is 11.8 Å². The topological polar surface area (TPSA) is 92.1 Å². The van der Waals surface area contributed by atoms with E-state index in [4.69, 9.17) is 4.74 Å². The Balaban J connectivity index is 1.39. The Bertz CT molecular complexity index is 1180. The maximum atomic E-state index is 12.7. The van der Waals surface area contributed by atoms with Crippen LogP contribution in [0, 0.1) is 11.3 Å². The third kappa shape index (κ3) is 4.98. The van der Waals surface area contributed by atoms with Crippen LogP contribution in [0.25, 0.3) is 11.1 Å². The van der Waals surface area contributed by atoms with Gasteiger partial charge in [0.1, 0.15) is 11.1 Å². The molecule has 2 aromatic carbocycles. The van der Waals surface area contributed by atoms with Crippen molar-refractivity contribution in [3.63, 3.8) is 0 Å². The standard InChI is InChI=1S/C25H21N3O3S/c1-32-24-21(14-26)20(13-22(28-24)18-7-8-18)25(30)31-15-23(29)27-19-11-9-17(10-12-19)16-5-3-2-4-6-16/h2-6,9-13,18H,7-8,15H2,1H3,(H,27,29). The minimum Gasteiger partial charge on any atom is -0.452 e. The number of benzene rings is 2. The summed E-state index contributed by atoms with van der Waals surface area (Å²) in [7, 11) is 0. The maximum Gasteiger partial charge on any atom is 0.340 e. The first-order valence-corrected chi connectivity index (χ1v) is 11.4. The van der Waals surface area contributed by atoms with E-state index in [1.54, 1.807) is 18.2 Å². The highest BCUT2D eigenvalue weighted by molar-refractivity contribution is 7.98. The van der Waals surface area contributed by atoms with Gasteiger partial charge in [-0.1, -0.05) is 42.5 Å². The zero-order valence-corrected chi connectivity index (χ0v) is 18.3. The molecule has 0 aliphatic heterocycles. The number of anilines is 1. The van der Waals surface area contributed by atoms with Gasteiger partial charge in [-0.3, -0.25) is 4.79 Å². The van der Waals surface area contributed by atoms with E-state index in [0.29, 0.717) is 16.6 Å². The van der Waals surface area contributed by atoms with Gasteiger partial charge in [0.2, 0.25) is 0 Å². The Labute approximate surface area is 190 Å². The molecule has 3 aromatic rings. The molecule has 0 spiro atoms. The number of amides is 1. The fourth-order valence-corrected chi connectivity index (χ4v) is 3.88. The molecule has 1 aliphatic carbocycles. The van der Waals surface area contributed by atoms with Gasteiger partial charge in [-0.25, -0.2) is 9.78 Å². The van der Waals surface area contributed by atoms with E-state index < -0.39 is 18.5 Å². The molecular weight excluding hydrogens is 422 g/mol. The monoisotopic (exact) mass is 443 g/mol. The van der Waals surface area contributed by atoms with Gasteiger partial charge in [-0.2, -0.15) is 5.26 Å². The summed E-state index contributed by atoms with van der Waals surface area (Å²) < 4.78 is 5.21. The number of aromatic nitrogens is 1. The van der Waals surface area contributed by atoms with Crippen LogP contribution >= 0.6 is 11.8 Å². The summed E-state index contributed by atoms with van der Waals surface area (Å²) in [6.45, 7) is -0.445. The second kappa shape index (κ2) is 9.67. The molecule has 0 bridgehead atoms. The minimum atomic E-state index is -0.698. The molecule has 7 heteroatoms. The number of hydrogen-bond donors (Lipinski definition) is 1. The van der Waals surface area contributed by atoms with Crippen LogP contribution in [0.4, 0.5) is 5.69 Å². The van der Waals surface area contributed by atoms with Gasteiger partial charge in [0, 0.05) is 17.3 Å².